The lowest BCUT2D eigenvalue weighted by Gasteiger charge is -2.25. The van der Waals surface area contributed by atoms with Crippen LogP contribution < -0.4 is 10.1 Å². The van der Waals surface area contributed by atoms with Crippen molar-refractivity contribution in [3.05, 3.63) is 54.1 Å². The van der Waals surface area contributed by atoms with Crippen molar-refractivity contribution in [2.75, 3.05) is 39.3 Å². The van der Waals surface area contributed by atoms with Gasteiger partial charge in [0.1, 0.15) is 17.6 Å². The third kappa shape index (κ3) is 7.23. The van der Waals surface area contributed by atoms with Crippen molar-refractivity contribution in [2.24, 2.45) is 5.92 Å². The molecule has 0 radical (unpaired) electrons. The van der Waals surface area contributed by atoms with Crippen molar-refractivity contribution in [3.63, 3.8) is 0 Å². The highest BCUT2D eigenvalue weighted by atomic mass is 19.1. The zero-order chi connectivity index (χ0) is 27.2. The molecule has 1 N–H and O–H groups in total. The van der Waals surface area contributed by atoms with Crippen LogP contribution in [0.1, 0.15) is 49.1 Å². The van der Waals surface area contributed by atoms with Gasteiger partial charge in [0.2, 0.25) is 17.6 Å². The molecule has 2 fully saturated rings. The molecule has 11 heteroatoms. The first-order chi connectivity index (χ1) is 19.0. The van der Waals surface area contributed by atoms with E-state index in [0.717, 1.165) is 38.9 Å². The third-order valence-corrected chi connectivity index (χ3v) is 7.06. The number of amides is 2. The standard InChI is InChI=1S/C28H34FN5O5/c1-19(30-27(35)24-5-2-15-38-24)28(36)34-12-3-10-33(13-14-34)11-4-16-37-21-8-9-22(23(29)18-21)26-31-25(39-32-26)17-20-6-7-20/h2,5,8-9,15,18-20H,3-4,6-7,10-14,16-17H2,1H3,(H,30,35)/t19-/m0/s1. The van der Waals surface area contributed by atoms with E-state index in [-0.39, 0.29) is 17.5 Å². The number of benzene rings is 1. The highest BCUT2D eigenvalue weighted by molar-refractivity contribution is 5.95. The van der Waals surface area contributed by atoms with Crippen LogP contribution in [-0.4, -0.2) is 77.1 Å². The van der Waals surface area contributed by atoms with Gasteiger partial charge in [-0.25, -0.2) is 4.39 Å². The van der Waals surface area contributed by atoms with Gasteiger partial charge in [0.15, 0.2) is 5.76 Å². The molecule has 1 saturated heterocycles. The second-order valence-corrected chi connectivity index (χ2v) is 10.2. The van der Waals surface area contributed by atoms with Crippen molar-refractivity contribution in [1.82, 2.24) is 25.3 Å². The molecule has 3 aromatic rings. The van der Waals surface area contributed by atoms with Gasteiger partial charge in [-0.15, -0.1) is 0 Å². The Morgan fingerprint density at radius 2 is 2.08 bits per heavy atom. The zero-order valence-electron chi connectivity index (χ0n) is 22.1. The minimum Gasteiger partial charge on any atom is -0.493 e. The number of nitrogens with one attached hydrogen (secondary N) is 1. The van der Waals surface area contributed by atoms with Crippen LogP contribution in [0.2, 0.25) is 0 Å². The molecular weight excluding hydrogens is 505 g/mol. The van der Waals surface area contributed by atoms with Crippen LogP contribution in [0, 0.1) is 11.7 Å². The van der Waals surface area contributed by atoms with Gasteiger partial charge in [0, 0.05) is 38.7 Å². The minimum absolute atomic E-state index is 0.106. The summed E-state index contributed by atoms with van der Waals surface area (Å²) in [4.78, 5) is 33.5. The number of nitrogens with zero attached hydrogens (tertiary/aromatic N) is 4. The Kier molecular flexibility index (Phi) is 8.55. The number of hydrogen-bond acceptors (Lipinski definition) is 8. The third-order valence-electron chi connectivity index (χ3n) is 7.06. The maximum absolute atomic E-state index is 14.7. The Labute approximate surface area is 226 Å². The Hall–Kier alpha value is -3.73. The van der Waals surface area contributed by atoms with Crippen LogP contribution >= 0.6 is 0 Å². The predicted octanol–water partition coefficient (Wildman–Crippen LogP) is 3.54. The number of furan rings is 1. The topological polar surface area (TPSA) is 114 Å². The van der Waals surface area contributed by atoms with Gasteiger partial charge in [0.05, 0.1) is 18.4 Å². The molecule has 2 aromatic heterocycles. The van der Waals surface area contributed by atoms with E-state index in [1.165, 1.54) is 25.2 Å². The van der Waals surface area contributed by atoms with Crippen LogP contribution in [0.15, 0.2) is 45.5 Å². The summed E-state index contributed by atoms with van der Waals surface area (Å²) in [6, 6.07) is 7.25. The first kappa shape index (κ1) is 26.9. The van der Waals surface area contributed by atoms with Gasteiger partial charge in [-0.3, -0.25) is 9.59 Å². The molecule has 39 heavy (non-hydrogen) atoms. The summed E-state index contributed by atoms with van der Waals surface area (Å²) in [7, 11) is 0. The lowest BCUT2D eigenvalue weighted by atomic mass is 10.2. The van der Waals surface area contributed by atoms with Crippen LogP contribution in [0.25, 0.3) is 11.4 Å². The summed E-state index contributed by atoms with van der Waals surface area (Å²) >= 11 is 0. The number of carbonyl (C=O) groups is 2. The van der Waals surface area contributed by atoms with Gasteiger partial charge < -0.3 is 28.8 Å². The summed E-state index contributed by atoms with van der Waals surface area (Å²) in [6.07, 6.45) is 6.15. The Morgan fingerprint density at radius 3 is 2.85 bits per heavy atom. The monoisotopic (exact) mass is 539 g/mol. The van der Waals surface area contributed by atoms with Gasteiger partial charge >= 0.3 is 0 Å². The number of hydrogen-bond donors (Lipinski definition) is 1. The summed E-state index contributed by atoms with van der Waals surface area (Å²) in [6.45, 7) is 5.77. The summed E-state index contributed by atoms with van der Waals surface area (Å²) in [5, 5.41) is 6.62. The Bertz CT molecular complexity index is 1260. The van der Waals surface area contributed by atoms with E-state index in [0.29, 0.717) is 42.8 Å². The van der Waals surface area contributed by atoms with E-state index in [9.17, 15) is 14.0 Å². The van der Waals surface area contributed by atoms with Crippen LogP contribution in [0.3, 0.4) is 0 Å². The van der Waals surface area contributed by atoms with E-state index < -0.39 is 17.8 Å². The average molecular weight is 540 g/mol. The fourth-order valence-corrected chi connectivity index (χ4v) is 4.69. The molecule has 10 nitrogen and oxygen atoms in total. The molecule has 1 aromatic carbocycles. The SMILES string of the molecule is C[C@H](NC(=O)c1ccco1)C(=O)N1CCCN(CCCOc2ccc(-c3noc(CC4CC4)n3)c(F)c2)CC1. The number of ether oxygens (including phenoxy) is 1. The maximum Gasteiger partial charge on any atom is 0.287 e. The zero-order valence-corrected chi connectivity index (χ0v) is 22.1. The summed E-state index contributed by atoms with van der Waals surface area (Å²) in [5.74, 6) is 1.12. The maximum atomic E-state index is 14.7. The number of halogens is 1. The molecule has 1 aliphatic carbocycles. The molecule has 208 valence electrons. The van der Waals surface area contributed by atoms with E-state index >= 15 is 0 Å². The van der Waals surface area contributed by atoms with Crippen molar-refractivity contribution >= 4 is 11.8 Å². The van der Waals surface area contributed by atoms with Crippen LogP contribution in [0.5, 0.6) is 5.75 Å². The van der Waals surface area contributed by atoms with Gasteiger partial charge in [-0.05, 0) is 69.3 Å². The van der Waals surface area contributed by atoms with Crippen molar-refractivity contribution in [2.45, 2.75) is 45.1 Å². The molecule has 0 bridgehead atoms. The minimum atomic E-state index is -0.640. The molecule has 0 spiro atoms. The fraction of sp³-hybridized carbons (Fsp3) is 0.500. The number of carbonyl (C=O) groups excluding carboxylic acids is 2. The van der Waals surface area contributed by atoms with Crippen molar-refractivity contribution < 1.29 is 27.7 Å². The van der Waals surface area contributed by atoms with E-state index in [1.54, 1.807) is 36.1 Å². The molecule has 2 amide bonds. The first-order valence-electron chi connectivity index (χ1n) is 13.6. The molecule has 3 heterocycles. The summed E-state index contributed by atoms with van der Waals surface area (Å²) < 4.78 is 30.8. The smallest absolute Gasteiger partial charge is 0.287 e. The Balaban J connectivity index is 1.02. The average Bonchev–Trinajstić information content (AvgIpc) is 3.42. The molecule has 1 saturated carbocycles. The van der Waals surface area contributed by atoms with Gasteiger partial charge in [-0.2, -0.15) is 4.98 Å². The van der Waals surface area contributed by atoms with E-state index in [1.807, 2.05) is 0 Å². The summed E-state index contributed by atoms with van der Waals surface area (Å²) in [5.41, 5.74) is 0.298. The largest absolute Gasteiger partial charge is 0.493 e. The molecule has 1 atom stereocenters. The normalized spacial score (nSPS) is 17.0. The second-order valence-electron chi connectivity index (χ2n) is 10.2. The van der Waals surface area contributed by atoms with E-state index in [4.69, 9.17) is 13.7 Å². The van der Waals surface area contributed by atoms with E-state index in [2.05, 4.69) is 20.4 Å². The molecule has 5 rings (SSSR count). The molecular formula is C28H34FN5O5. The van der Waals surface area contributed by atoms with Crippen LogP contribution in [0.4, 0.5) is 4.39 Å². The van der Waals surface area contributed by atoms with Crippen molar-refractivity contribution in [3.8, 4) is 17.1 Å². The highest BCUT2D eigenvalue weighted by Crippen LogP contribution is 2.33. The molecule has 2 aliphatic rings. The van der Waals surface area contributed by atoms with Gasteiger partial charge in [-0.1, -0.05) is 5.16 Å². The number of rotatable bonds is 11. The first-order valence-corrected chi connectivity index (χ1v) is 13.6. The quantitative estimate of drug-likeness (QED) is 0.368. The molecule has 0 unspecified atom stereocenters. The second kappa shape index (κ2) is 12.4. The lowest BCUT2D eigenvalue weighted by Crippen LogP contribution is -2.48. The Morgan fingerprint density at radius 1 is 1.21 bits per heavy atom. The van der Waals surface area contributed by atoms with Gasteiger partial charge in [0.25, 0.3) is 5.91 Å². The lowest BCUT2D eigenvalue weighted by molar-refractivity contribution is -0.132. The van der Waals surface area contributed by atoms with Crippen molar-refractivity contribution in [1.29, 1.82) is 0 Å². The van der Waals surface area contributed by atoms with Crippen LogP contribution in [-0.2, 0) is 11.2 Å². The predicted molar refractivity (Wildman–Crippen MR) is 140 cm³/mol. The highest BCUT2D eigenvalue weighted by Gasteiger charge is 2.26. The fourth-order valence-electron chi connectivity index (χ4n) is 4.69. The molecule has 1 aliphatic heterocycles. The number of aromatic nitrogens is 2.